The summed E-state index contributed by atoms with van der Waals surface area (Å²) >= 11 is 0. The monoisotopic (exact) mass is 234 g/mol. The summed E-state index contributed by atoms with van der Waals surface area (Å²) in [4.78, 5) is 11.8. The molecule has 0 aromatic rings. The van der Waals surface area contributed by atoms with Crippen molar-refractivity contribution in [2.45, 2.75) is 52.6 Å². The molecule has 0 aromatic heterocycles. The van der Waals surface area contributed by atoms with Gasteiger partial charge in [-0.15, -0.1) is 0 Å². The summed E-state index contributed by atoms with van der Waals surface area (Å²) in [5.74, 6) is 1.19. The molecule has 0 saturated heterocycles. The van der Waals surface area contributed by atoms with Crippen LogP contribution < -0.4 is 0 Å². The highest BCUT2D eigenvalue weighted by molar-refractivity contribution is 5.99. The Morgan fingerprint density at radius 3 is 2.65 bits per heavy atom. The van der Waals surface area contributed by atoms with Gasteiger partial charge < -0.3 is 5.11 Å². The standard InChI is InChI=1S/C15H22O2/c1-9-5-6-11(15(3,4)17)7-13-10(2)14(16)8-12(9)13/h7,9,12,17H,5-6,8H2,1-4H3/t9-,12-/m0/s1. The number of carbonyl (C=O) groups excluding carboxylic acids is 1. The third kappa shape index (κ3) is 2.23. The normalized spacial score (nSPS) is 30.2. The van der Waals surface area contributed by atoms with Gasteiger partial charge >= 0.3 is 0 Å². The molecule has 0 amide bonds. The van der Waals surface area contributed by atoms with E-state index < -0.39 is 5.60 Å². The molecule has 0 bridgehead atoms. The van der Waals surface area contributed by atoms with Crippen LogP contribution in [0.15, 0.2) is 22.8 Å². The summed E-state index contributed by atoms with van der Waals surface area (Å²) in [6.07, 6.45) is 4.75. The van der Waals surface area contributed by atoms with E-state index in [1.807, 2.05) is 20.8 Å². The number of Topliss-reactive ketones (excluding diaryl/α,β-unsaturated/α-hetero) is 1. The molecule has 2 aliphatic rings. The maximum absolute atomic E-state index is 11.8. The first kappa shape index (κ1) is 12.6. The lowest BCUT2D eigenvalue weighted by Gasteiger charge is -2.21. The van der Waals surface area contributed by atoms with Gasteiger partial charge in [-0.1, -0.05) is 13.0 Å². The van der Waals surface area contributed by atoms with Crippen LogP contribution in [0.5, 0.6) is 0 Å². The van der Waals surface area contributed by atoms with Crippen molar-refractivity contribution in [3.63, 3.8) is 0 Å². The van der Waals surface area contributed by atoms with Crippen LogP contribution in [0.3, 0.4) is 0 Å². The zero-order valence-electron chi connectivity index (χ0n) is 11.2. The van der Waals surface area contributed by atoms with Crippen molar-refractivity contribution in [2.75, 3.05) is 0 Å². The van der Waals surface area contributed by atoms with E-state index in [1.165, 1.54) is 5.57 Å². The van der Waals surface area contributed by atoms with Gasteiger partial charge in [-0.2, -0.15) is 0 Å². The average Bonchev–Trinajstić information content (AvgIpc) is 2.40. The van der Waals surface area contributed by atoms with E-state index in [0.717, 1.165) is 24.0 Å². The summed E-state index contributed by atoms with van der Waals surface area (Å²) < 4.78 is 0. The number of aliphatic hydroxyl groups is 1. The fourth-order valence-electron chi connectivity index (χ4n) is 2.95. The number of fused-ring (bicyclic) bond motifs is 1. The Morgan fingerprint density at radius 1 is 1.41 bits per heavy atom. The lowest BCUT2D eigenvalue weighted by Crippen LogP contribution is -2.22. The highest BCUT2D eigenvalue weighted by Gasteiger charge is 2.35. The first-order valence-electron chi connectivity index (χ1n) is 6.48. The van der Waals surface area contributed by atoms with E-state index in [1.54, 1.807) is 0 Å². The molecule has 1 N–H and O–H groups in total. The lowest BCUT2D eigenvalue weighted by atomic mass is 9.87. The quantitative estimate of drug-likeness (QED) is 0.757. The van der Waals surface area contributed by atoms with Gasteiger partial charge in [0.15, 0.2) is 5.78 Å². The molecule has 0 radical (unpaired) electrons. The minimum atomic E-state index is -0.770. The maximum atomic E-state index is 11.8. The molecule has 0 fully saturated rings. The zero-order valence-corrected chi connectivity index (χ0v) is 11.2. The molecule has 2 nitrogen and oxygen atoms in total. The first-order chi connectivity index (χ1) is 7.80. The Hall–Kier alpha value is -0.890. The molecular formula is C15H22O2. The third-order valence-corrected chi connectivity index (χ3v) is 4.33. The van der Waals surface area contributed by atoms with E-state index in [2.05, 4.69) is 13.0 Å². The van der Waals surface area contributed by atoms with Gasteiger partial charge in [-0.05, 0) is 62.2 Å². The van der Waals surface area contributed by atoms with Gasteiger partial charge in [0.25, 0.3) is 0 Å². The molecule has 0 unspecified atom stereocenters. The SMILES string of the molecule is CC1=C2C=C(C(C)(C)O)CC[C@H](C)[C@@H]2CC1=O. The van der Waals surface area contributed by atoms with E-state index in [-0.39, 0.29) is 5.78 Å². The topological polar surface area (TPSA) is 37.3 Å². The predicted octanol–water partition coefficient (Wildman–Crippen LogP) is 3.02. The first-order valence-corrected chi connectivity index (χ1v) is 6.48. The van der Waals surface area contributed by atoms with Crippen LogP contribution in [-0.4, -0.2) is 16.5 Å². The third-order valence-electron chi connectivity index (χ3n) is 4.33. The van der Waals surface area contributed by atoms with Gasteiger partial charge in [0.05, 0.1) is 5.60 Å². The molecule has 2 heteroatoms. The van der Waals surface area contributed by atoms with Crippen molar-refractivity contribution in [1.82, 2.24) is 0 Å². The molecule has 2 atom stereocenters. The second-order valence-electron chi connectivity index (χ2n) is 6.06. The molecule has 0 spiro atoms. The van der Waals surface area contributed by atoms with Gasteiger partial charge in [0.1, 0.15) is 0 Å². The molecule has 0 saturated carbocycles. The number of hydrogen-bond donors (Lipinski definition) is 1. The largest absolute Gasteiger partial charge is 0.386 e. The molecule has 94 valence electrons. The van der Waals surface area contributed by atoms with Crippen LogP contribution in [0, 0.1) is 11.8 Å². The Bertz CT molecular complexity index is 407. The molecule has 0 aliphatic heterocycles. The second-order valence-corrected chi connectivity index (χ2v) is 6.06. The van der Waals surface area contributed by atoms with Crippen LogP contribution in [0.2, 0.25) is 0 Å². The van der Waals surface area contributed by atoms with Crippen molar-refractivity contribution >= 4 is 5.78 Å². The van der Waals surface area contributed by atoms with Crippen LogP contribution in [0.1, 0.15) is 47.0 Å². The second kappa shape index (κ2) is 4.09. The number of carbonyl (C=O) groups is 1. The van der Waals surface area contributed by atoms with Crippen LogP contribution in [0.25, 0.3) is 0 Å². The number of ketones is 1. The molecule has 2 rings (SSSR count). The van der Waals surface area contributed by atoms with Crippen LogP contribution in [-0.2, 0) is 4.79 Å². The van der Waals surface area contributed by atoms with Crippen molar-refractivity contribution < 1.29 is 9.90 Å². The summed E-state index contributed by atoms with van der Waals surface area (Å²) in [5, 5.41) is 10.1. The van der Waals surface area contributed by atoms with Crippen molar-refractivity contribution in [3.8, 4) is 0 Å². The molecule has 2 aliphatic carbocycles. The zero-order chi connectivity index (χ0) is 12.8. The van der Waals surface area contributed by atoms with Gasteiger partial charge in [0, 0.05) is 6.42 Å². The molecule has 0 heterocycles. The summed E-state index contributed by atoms with van der Waals surface area (Å²) in [5.41, 5.74) is 2.38. The minimum absolute atomic E-state index is 0.282. The molecular weight excluding hydrogens is 212 g/mol. The predicted molar refractivity (Wildman–Crippen MR) is 68.6 cm³/mol. The van der Waals surface area contributed by atoms with Crippen molar-refractivity contribution in [3.05, 3.63) is 22.8 Å². The number of hydrogen-bond acceptors (Lipinski definition) is 2. The van der Waals surface area contributed by atoms with Gasteiger partial charge in [-0.3, -0.25) is 4.79 Å². The lowest BCUT2D eigenvalue weighted by molar-refractivity contribution is -0.115. The fraction of sp³-hybridized carbons (Fsp3) is 0.667. The van der Waals surface area contributed by atoms with E-state index in [4.69, 9.17) is 0 Å². The average molecular weight is 234 g/mol. The highest BCUT2D eigenvalue weighted by Crippen LogP contribution is 2.42. The van der Waals surface area contributed by atoms with Crippen LogP contribution >= 0.6 is 0 Å². The molecule has 0 aromatic carbocycles. The Kier molecular flexibility index (Phi) is 3.03. The summed E-state index contributed by atoms with van der Waals surface area (Å²) in [6.45, 7) is 7.80. The van der Waals surface area contributed by atoms with Gasteiger partial charge in [0.2, 0.25) is 0 Å². The number of rotatable bonds is 1. The Labute approximate surface area is 103 Å². The smallest absolute Gasteiger partial charge is 0.159 e. The van der Waals surface area contributed by atoms with Gasteiger partial charge in [-0.25, -0.2) is 0 Å². The molecule has 17 heavy (non-hydrogen) atoms. The fourth-order valence-corrected chi connectivity index (χ4v) is 2.95. The highest BCUT2D eigenvalue weighted by atomic mass is 16.3. The van der Waals surface area contributed by atoms with E-state index in [0.29, 0.717) is 18.3 Å². The maximum Gasteiger partial charge on any atom is 0.159 e. The Balaban J connectivity index is 2.46. The minimum Gasteiger partial charge on any atom is -0.386 e. The van der Waals surface area contributed by atoms with Crippen molar-refractivity contribution in [2.24, 2.45) is 11.8 Å². The Morgan fingerprint density at radius 2 is 2.06 bits per heavy atom. The summed E-state index contributed by atoms with van der Waals surface area (Å²) in [7, 11) is 0. The number of allylic oxidation sites excluding steroid dienone is 3. The summed E-state index contributed by atoms with van der Waals surface area (Å²) in [6, 6.07) is 0. The van der Waals surface area contributed by atoms with E-state index in [9.17, 15) is 9.90 Å². The van der Waals surface area contributed by atoms with E-state index >= 15 is 0 Å². The van der Waals surface area contributed by atoms with Crippen molar-refractivity contribution in [1.29, 1.82) is 0 Å². The van der Waals surface area contributed by atoms with Crippen LogP contribution in [0.4, 0.5) is 0 Å².